The zero-order chi connectivity index (χ0) is 7.82. The number of unbranched alkanes of at least 4 members (excludes halogenated alkanes) is 1. The molecule has 0 aliphatic rings. The summed E-state index contributed by atoms with van der Waals surface area (Å²) in [5.74, 6) is 0. The van der Waals surface area contributed by atoms with Crippen LogP contribution in [-0.2, 0) is 30.9 Å². The van der Waals surface area contributed by atoms with Gasteiger partial charge in [0.25, 0.3) is 0 Å². The number of hydrogen-bond acceptors (Lipinski definition) is 2. The zero-order valence-corrected chi connectivity index (χ0v) is 9.93. The smallest absolute Gasteiger partial charge is 0.187 e. The third-order valence-corrected chi connectivity index (χ3v) is 1.53. The first-order chi connectivity index (χ1) is 4.81. The molecule has 12 heavy (non-hydrogen) atoms. The molecule has 2 nitrogen and oxygen atoms in total. The van der Waals surface area contributed by atoms with Gasteiger partial charge in [-0.3, -0.25) is 0 Å². The minimum atomic E-state index is 0. The Labute approximate surface area is 105 Å². The number of hydrogen-bond donors (Lipinski definition) is 1. The van der Waals surface area contributed by atoms with E-state index in [4.69, 9.17) is 9.84 Å². The fourth-order valence-electron chi connectivity index (χ4n) is 0.616. The van der Waals surface area contributed by atoms with Crippen LogP contribution in [0.2, 0.25) is 0 Å². The van der Waals surface area contributed by atoms with Gasteiger partial charge in [-0.25, -0.2) is 0 Å². The fourth-order valence-corrected chi connectivity index (χ4v) is 0.616. The molecule has 0 aromatic rings. The van der Waals surface area contributed by atoms with Crippen LogP contribution in [0.5, 0.6) is 0 Å². The molecule has 0 spiro atoms. The standard InChI is InChI=1S/C8H18O2.Al.Zr.3H/c1-3-8(2)10-7-5-4-6-9;;;;;/h8-9H,3-7H2,1-2H3;;;;;. The van der Waals surface area contributed by atoms with Gasteiger partial charge in [0.2, 0.25) is 0 Å². The summed E-state index contributed by atoms with van der Waals surface area (Å²) in [4.78, 5) is 0. The molecule has 0 aromatic heterocycles. The van der Waals surface area contributed by atoms with E-state index in [-0.39, 0.29) is 50.2 Å². The molecule has 0 aliphatic carbocycles. The minimum absolute atomic E-state index is 0. The number of aliphatic hydroxyl groups is 1. The molecule has 0 rings (SSSR count). The molecule has 72 valence electrons. The maximum Gasteiger partial charge on any atom is 0.187 e. The second-order valence-corrected chi connectivity index (χ2v) is 2.52. The Hall–Kier alpha value is 1.34. The van der Waals surface area contributed by atoms with Gasteiger partial charge in [0.15, 0.2) is 17.4 Å². The largest absolute Gasteiger partial charge is 0.396 e. The average Bonchev–Trinajstić information content (AvgIpc) is 1.98. The van der Waals surface area contributed by atoms with Crippen molar-refractivity contribution in [1.82, 2.24) is 0 Å². The summed E-state index contributed by atoms with van der Waals surface area (Å²) in [6.07, 6.45) is 3.27. The van der Waals surface area contributed by atoms with Crippen molar-refractivity contribution in [3.05, 3.63) is 0 Å². The van der Waals surface area contributed by atoms with Crippen molar-refractivity contribution in [3.63, 3.8) is 0 Å². The van der Waals surface area contributed by atoms with Gasteiger partial charge < -0.3 is 9.84 Å². The molecule has 0 saturated carbocycles. The van der Waals surface area contributed by atoms with Crippen LogP contribution in [-0.4, -0.2) is 41.8 Å². The summed E-state index contributed by atoms with van der Waals surface area (Å²) in [5.41, 5.74) is 0. The SMILES string of the molecule is CCC(C)OCCCCO.[AlH3].[Zr]. The van der Waals surface area contributed by atoms with Crippen LogP contribution < -0.4 is 0 Å². The Bertz CT molecular complexity index is 74.1. The maximum absolute atomic E-state index is 8.43. The van der Waals surface area contributed by atoms with Gasteiger partial charge in [-0.1, -0.05) is 6.92 Å². The average molecular weight is 267 g/mol. The zero-order valence-electron chi connectivity index (χ0n) is 7.47. The predicted molar refractivity (Wildman–Crippen MR) is 52.0 cm³/mol. The molecular formula is C8H21AlO2Zr. The molecule has 0 radical (unpaired) electrons. The van der Waals surface area contributed by atoms with E-state index in [9.17, 15) is 0 Å². The van der Waals surface area contributed by atoms with E-state index in [0.717, 1.165) is 25.9 Å². The van der Waals surface area contributed by atoms with Gasteiger partial charge in [0.1, 0.15) is 0 Å². The van der Waals surface area contributed by atoms with Crippen molar-refractivity contribution >= 4 is 17.4 Å². The van der Waals surface area contributed by atoms with Crippen molar-refractivity contribution in [2.75, 3.05) is 13.2 Å². The van der Waals surface area contributed by atoms with Crippen molar-refractivity contribution in [3.8, 4) is 0 Å². The summed E-state index contributed by atoms with van der Waals surface area (Å²) in [7, 11) is 0. The molecule has 0 aromatic carbocycles. The normalized spacial score (nSPS) is 11.2. The molecule has 0 saturated heterocycles. The monoisotopic (exact) mass is 266 g/mol. The Morgan fingerprint density at radius 1 is 1.33 bits per heavy atom. The van der Waals surface area contributed by atoms with Gasteiger partial charge in [-0.05, 0) is 26.2 Å². The molecule has 0 amide bonds. The van der Waals surface area contributed by atoms with Gasteiger partial charge >= 0.3 is 0 Å². The molecule has 0 heterocycles. The second kappa shape index (κ2) is 14.8. The third-order valence-electron chi connectivity index (χ3n) is 1.53. The van der Waals surface area contributed by atoms with E-state index >= 15 is 0 Å². The van der Waals surface area contributed by atoms with Gasteiger partial charge in [0, 0.05) is 39.4 Å². The van der Waals surface area contributed by atoms with Crippen LogP contribution in [0.3, 0.4) is 0 Å². The first-order valence-electron chi connectivity index (χ1n) is 4.03. The summed E-state index contributed by atoms with van der Waals surface area (Å²) in [6.45, 7) is 5.25. The van der Waals surface area contributed by atoms with Crippen LogP contribution in [0.25, 0.3) is 0 Å². The van der Waals surface area contributed by atoms with Crippen molar-refractivity contribution in [2.45, 2.75) is 39.2 Å². The van der Waals surface area contributed by atoms with Crippen LogP contribution in [0.15, 0.2) is 0 Å². The molecular weight excluding hydrogens is 246 g/mol. The first-order valence-corrected chi connectivity index (χ1v) is 4.03. The van der Waals surface area contributed by atoms with Crippen LogP contribution in [0, 0.1) is 0 Å². The predicted octanol–water partition coefficient (Wildman–Crippen LogP) is 0.388. The van der Waals surface area contributed by atoms with Crippen molar-refractivity contribution in [2.24, 2.45) is 0 Å². The van der Waals surface area contributed by atoms with E-state index in [1.807, 2.05) is 0 Å². The number of rotatable bonds is 6. The summed E-state index contributed by atoms with van der Waals surface area (Å²) < 4.78 is 5.38. The van der Waals surface area contributed by atoms with Crippen LogP contribution in [0.1, 0.15) is 33.1 Å². The molecule has 1 N–H and O–H groups in total. The van der Waals surface area contributed by atoms with Crippen molar-refractivity contribution < 1.29 is 36.0 Å². The molecule has 0 fully saturated rings. The molecule has 1 unspecified atom stereocenters. The van der Waals surface area contributed by atoms with E-state index in [1.165, 1.54) is 0 Å². The summed E-state index contributed by atoms with van der Waals surface area (Å²) in [5, 5.41) is 8.43. The number of aliphatic hydroxyl groups excluding tert-OH is 1. The van der Waals surface area contributed by atoms with Crippen LogP contribution in [0.4, 0.5) is 0 Å². The molecule has 0 bridgehead atoms. The molecule has 4 heteroatoms. The van der Waals surface area contributed by atoms with E-state index in [1.54, 1.807) is 0 Å². The topological polar surface area (TPSA) is 29.5 Å². The van der Waals surface area contributed by atoms with Crippen LogP contribution >= 0.6 is 0 Å². The number of ether oxygens (including phenoxy) is 1. The van der Waals surface area contributed by atoms with E-state index in [2.05, 4.69) is 13.8 Å². The van der Waals surface area contributed by atoms with Crippen molar-refractivity contribution in [1.29, 1.82) is 0 Å². The fraction of sp³-hybridized carbons (Fsp3) is 1.00. The maximum atomic E-state index is 8.43. The summed E-state index contributed by atoms with van der Waals surface area (Å²) in [6, 6.07) is 0. The Balaban J connectivity index is -0.000000405. The molecule has 0 aliphatic heterocycles. The molecule has 1 atom stereocenters. The third kappa shape index (κ3) is 13.9. The Morgan fingerprint density at radius 2 is 1.92 bits per heavy atom. The van der Waals surface area contributed by atoms with Gasteiger partial charge in [0.05, 0.1) is 6.10 Å². The Kier molecular flexibility index (Phi) is 23.5. The van der Waals surface area contributed by atoms with E-state index in [0.29, 0.717) is 6.10 Å². The van der Waals surface area contributed by atoms with Gasteiger partial charge in [-0.15, -0.1) is 0 Å². The second-order valence-electron chi connectivity index (χ2n) is 2.52. The Morgan fingerprint density at radius 3 is 2.33 bits per heavy atom. The summed E-state index contributed by atoms with van der Waals surface area (Å²) >= 11 is 0. The van der Waals surface area contributed by atoms with Gasteiger partial charge in [-0.2, -0.15) is 0 Å². The quantitative estimate of drug-likeness (QED) is 0.557. The minimum Gasteiger partial charge on any atom is -0.396 e. The first kappa shape index (κ1) is 19.0. The van der Waals surface area contributed by atoms with E-state index < -0.39 is 0 Å².